The molecule has 0 spiro atoms. The predicted molar refractivity (Wildman–Crippen MR) is 47.0 cm³/mol. The summed E-state index contributed by atoms with van der Waals surface area (Å²) in [6.45, 7) is 2.10. The van der Waals surface area contributed by atoms with E-state index < -0.39 is 0 Å². The Morgan fingerprint density at radius 2 is 2.67 bits per heavy atom. The largest absolute Gasteiger partial charge is 0.184 e. The predicted octanol–water partition coefficient (Wildman–Crippen LogP) is 2.51. The van der Waals surface area contributed by atoms with E-state index in [1.807, 2.05) is 0 Å². The highest BCUT2D eigenvalue weighted by molar-refractivity contribution is 8.30. The Balaban J connectivity index is 2.32. The smallest absolute Gasteiger partial charge is 0.161 e. The number of nitrogens with zero attached hydrogens (tertiary/aromatic N) is 2. The van der Waals surface area contributed by atoms with Gasteiger partial charge in [0, 0.05) is 0 Å². The van der Waals surface area contributed by atoms with Crippen molar-refractivity contribution in [3.8, 4) is 0 Å². The fourth-order valence-corrected chi connectivity index (χ4v) is 2.65. The first-order valence-electron chi connectivity index (χ1n) is 2.56. The van der Waals surface area contributed by atoms with Gasteiger partial charge in [-0.25, -0.2) is 0 Å². The van der Waals surface area contributed by atoms with Crippen LogP contribution in [0, 0.1) is 0 Å². The molecule has 0 saturated heterocycles. The van der Waals surface area contributed by atoms with Crippen molar-refractivity contribution < 1.29 is 0 Å². The van der Waals surface area contributed by atoms with Crippen LogP contribution in [-0.2, 0) is 0 Å². The maximum atomic E-state index is 4.80. The molecule has 2 nitrogen and oxygen atoms in total. The van der Waals surface area contributed by atoms with Crippen LogP contribution in [-0.4, -0.2) is 14.8 Å². The molecule has 0 bridgehead atoms. The van der Waals surface area contributed by atoms with Crippen LogP contribution in [0.5, 0.6) is 0 Å². The number of thiocarbonyl (C=S) groups is 1. The summed E-state index contributed by atoms with van der Waals surface area (Å²) < 4.78 is 0.906. The number of hydrogen-bond donors (Lipinski definition) is 0. The van der Waals surface area contributed by atoms with E-state index in [9.17, 15) is 0 Å². The minimum absolute atomic E-state index is 0.238. The fraction of sp³-hybridized carbons (Fsp3) is 0.750. The molecule has 0 saturated carbocycles. The van der Waals surface area contributed by atoms with Gasteiger partial charge in [-0.05, 0) is 18.0 Å². The van der Waals surface area contributed by atoms with E-state index in [0.29, 0.717) is 4.32 Å². The first-order chi connectivity index (χ1) is 4.33. The summed E-state index contributed by atoms with van der Waals surface area (Å²) >= 11 is 8.11. The van der Waals surface area contributed by atoms with Crippen LogP contribution >= 0.6 is 35.7 Å². The monoisotopic (exact) mass is 178 g/mol. The second-order valence-electron chi connectivity index (χ2n) is 1.36. The standard InChI is InChI=1S/C4H6N2S3/c1-2-8-4-6-5-3(7)9-4/h4H,2H2,1H3. The summed E-state index contributed by atoms with van der Waals surface area (Å²) in [5.41, 5.74) is 0. The van der Waals surface area contributed by atoms with Gasteiger partial charge in [0.15, 0.2) is 9.03 Å². The van der Waals surface area contributed by atoms with Crippen LogP contribution in [0.25, 0.3) is 0 Å². The summed E-state index contributed by atoms with van der Waals surface area (Å²) in [5.74, 6) is 1.07. The number of rotatable bonds is 2. The van der Waals surface area contributed by atoms with Crippen LogP contribution in [0.1, 0.15) is 6.92 Å². The summed E-state index contributed by atoms with van der Waals surface area (Å²) in [5, 5.41) is 7.65. The van der Waals surface area contributed by atoms with Gasteiger partial charge in [0.05, 0.1) is 0 Å². The van der Waals surface area contributed by atoms with Gasteiger partial charge >= 0.3 is 0 Å². The molecule has 1 heterocycles. The Morgan fingerprint density at radius 1 is 1.89 bits per heavy atom. The van der Waals surface area contributed by atoms with Crippen LogP contribution in [0.4, 0.5) is 0 Å². The minimum atomic E-state index is 0.238. The average molecular weight is 178 g/mol. The van der Waals surface area contributed by atoms with E-state index in [1.165, 1.54) is 0 Å². The maximum Gasteiger partial charge on any atom is 0.184 e. The van der Waals surface area contributed by atoms with Crippen LogP contribution in [0.3, 0.4) is 0 Å². The summed E-state index contributed by atoms with van der Waals surface area (Å²) in [7, 11) is 0. The van der Waals surface area contributed by atoms with E-state index in [4.69, 9.17) is 12.2 Å². The molecule has 0 aromatic rings. The molecular weight excluding hydrogens is 172 g/mol. The molecule has 1 atom stereocenters. The SMILES string of the molecule is CCSC1N=NC(=S)S1. The molecule has 50 valence electrons. The highest BCUT2D eigenvalue weighted by Gasteiger charge is 2.15. The first-order valence-corrected chi connectivity index (χ1v) is 4.89. The fourth-order valence-electron chi connectivity index (χ4n) is 0.438. The molecular formula is C4H6N2S3. The summed E-state index contributed by atoms with van der Waals surface area (Å²) in [6.07, 6.45) is 0. The van der Waals surface area contributed by atoms with Crippen molar-refractivity contribution in [1.82, 2.24) is 0 Å². The van der Waals surface area contributed by atoms with E-state index in [2.05, 4.69) is 17.2 Å². The lowest BCUT2D eigenvalue weighted by Gasteiger charge is -1.97. The van der Waals surface area contributed by atoms with Crippen molar-refractivity contribution >= 4 is 40.1 Å². The summed E-state index contributed by atoms with van der Waals surface area (Å²) in [6, 6.07) is 0. The quantitative estimate of drug-likeness (QED) is 0.607. The lowest BCUT2D eigenvalue weighted by molar-refractivity contribution is 1.16. The highest BCUT2D eigenvalue weighted by atomic mass is 32.2. The number of thioether (sulfide) groups is 2. The van der Waals surface area contributed by atoms with Gasteiger partial charge in [0.25, 0.3) is 0 Å². The molecule has 0 N–H and O–H groups in total. The van der Waals surface area contributed by atoms with Crippen molar-refractivity contribution in [3.05, 3.63) is 0 Å². The molecule has 0 aromatic heterocycles. The Hall–Kier alpha value is 0.390. The normalized spacial score (nSPS) is 25.4. The lowest BCUT2D eigenvalue weighted by Crippen LogP contribution is -1.86. The topological polar surface area (TPSA) is 24.7 Å². The molecule has 1 aliphatic rings. The van der Waals surface area contributed by atoms with Gasteiger partial charge in [-0.15, -0.1) is 16.9 Å². The summed E-state index contributed by atoms with van der Waals surface area (Å²) in [4.78, 5) is 0. The first kappa shape index (κ1) is 7.50. The second-order valence-corrected chi connectivity index (χ2v) is 4.73. The van der Waals surface area contributed by atoms with E-state index in [0.717, 1.165) is 5.75 Å². The molecule has 0 aliphatic carbocycles. The lowest BCUT2D eigenvalue weighted by atomic mass is 11.0. The molecule has 1 rings (SSSR count). The molecule has 0 fully saturated rings. The van der Waals surface area contributed by atoms with Gasteiger partial charge in [-0.3, -0.25) is 0 Å². The van der Waals surface area contributed by atoms with Crippen molar-refractivity contribution in [1.29, 1.82) is 0 Å². The van der Waals surface area contributed by atoms with Crippen molar-refractivity contribution in [2.75, 3.05) is 5.75 Å². The molecule has 5 heteroatoms. The van der Waals surface area contributed by atoms with E-state index in [1.54, 1.807) is 23.5 Å². The van der Waals surface area contributed by atoms with Crippen LogP contribution < -0.4 is 0 Å². The van der Waals surface area contributed by atoms with Gasteiger partial charge in [0.2, 0.25) is 0 Å². The van der Waals surface area contributed by atoms with Crippen molar-refractivity contribution in [2.24, 2.45) is 10.2 Å². The Bertz CT molecular complexity index is 145. The molecule has 0 aromatic carbocycles. The van der Waals surface area contributed by atoms with Gasteiger partial charge < -0.3 is 0 Å². The molecule has 1 unspecified atom stereocenters. The maximum absolute atomic E-state index is 4.80. The zero-order valence-corrected chi connectivity index (χ0v) is 7.35. The van der Waals surface area contributed by atoms with E-state index >= 15 is 0 Å². The van der Waals surface area contributed by atoms with Crippen molar-refractivity contribution in [2.45, 2.75) is 11.6 Å². The Labute approximate surface area is 67.9 Å². The third-order valence-corrected chi connectivity index (χ3v) is 3.10. The highest BCUT2D eigenvalue weighted by Crippen LogP contribution is 2.31. The average Bonchev–Trinajstić information content (AvgIpc) is 2.17. The Morgan fingerprint density at radius 3 is 3.11 bits per heavy atom. The molecule has 0 radical (unpaired) electrons. The van der Waals surface area contributed by atoms with Crippen molar-refractivity contribution in [3.63, 3.8) is 0 Å². The zero-order chi connectivity index (χ0) is 6.69. The zero-order valence-electron chi connectivity index (χ0n) is 4.90. The van der Waals surface area contributed by atoms with Gasteiger partial charge in [-0.2, -0.15) is 5.11 Å². The minimum Gasteiger partial charge on any atom is -0.161 e. The third-order valence-electron chi connectivity index (χ3n) is 0.745. The van der Waals surface area contributed by atoms with Gasteiger partial charge in [-0.1, -0.05) is 18.7 Å². The molecule has 9 heavy (non-hydrogen) atoms. The Kier molecular flexibility index (Phi) is 2.94. The van der Waals surface area contributed by atoms with E-state index in [-0.39, 0.29) is 4.71 Å². The number of hydrogen-bond acceptors (Lipinski definition) is 4. The van der Waals surface area contributed by atoms with Crippen LogP contribution in [0.2, 0.25) is 0 Å². The van der Waals surface area contributed by atoms with Crippen LogP contribution in [0.15, 0.2) is 10.2 Å². The second kappa shape index (κ2) is 3.53. The molecule has 0 amide bonds. The number of azo groups is 1. The molecule has 1 aliphatic heterocycles. The van der Waals surface area contributed by atoms with Gasteiger partial charge in [0.1, 0.15) is 0 Å². The third kappa shape index (κ3) is 2.23.